The molecule has 0 saturated heterocycles. The van der Waals surface area contributed by atoms with E-state index in [-0.39, 0.29) is 6.04 Å². The Kier molecular flexibility index (Phi) is 4.94. The first-order valence-electron chi connectivity index (χ1n) is 6.91. The third-order valence-corrected chi connectivity index (χ3v) is 3.22. The Morgan fingerprint density at radius 1 is 1.19 bits per heavy atom. The highest BCUT2D eigenvalue weighted by Crippen LogP contribution is 2.21. The molecule has 1 heterocycles. The number of nitrogen functional groups attached to an aromatic ring is 1. The third kappa shape index (κ3) is 3.82. The van der Waals surface area contributed by atoms with Crippen molar-refractivity contribution in [3.05, 3.63) is 41.7 Å². The number of aryl methyl sites for hydroxylation is 1. The van der Waals surface area contributed by atoms with Crippen LogP contribution in [0.3, 0.4) is 0 Å². The van der Waals surface area contributed by atoms with Gasteiger partial charge in [-0.25, -0.2) is 15.8 Å². The fourth-order valence-electron chi connectivity index (χ4n) is 2.00. The summed E-state index contributed by atoms with van der Waals surface area (Å²) >= 11 is 0. The molecule has 0 aliphatic carbocycles. The van der Waals surface area contributed by atoms with E-state index < -0.39 is 0 Å². The Hall–Kier alpha value is -2.34. The van der Waals surface area contributed by atoms with Crippen LogP contribution in [0.1, 0.15) is 31.3 Å². The minimum atomic E-state index is 0.112. The molecule has 0 aliphatic heterocycles. The van der Waals surface area contributed by atoms with Gasteiger partial charge in [0.2, 0.25) is 0 Å². The van der Waals surface area contributed by atoms with Gasteiger partial charge in [0.25, 0.3) is 0 Å². The number of nitrogens with zero attached hydrogens (tertiary/aromatic N) is 2. The van der Waals surface area contributed by atoms with Crippen LogP contribution in [0.2, 0.25) is 0 Å². The molecule has 1 unspecified atom stereocenters. The van der Waals surface area contributed by atoms with Crippen LogP contribution in [0.25, 0.3) is 0 Å². The summed E-state index contributed by atoms with van der Waals surface area (Å²) in [7, 11) is 1.66. The first kappa shape index (κ1) is 15.1. The lowest BCUT2D eigenvalue weighted by Gasteiger charge is -2.16. The molecule has 0 spiro atoms. The van der Waals surface area contributed by atoms with E-state index in [1.54, 1.807) is 13.2 Å². The monoisotopic (exact) mass is 287 g/mol. The summed E-state index contributed by atoms with van der Waals surface area (Å²) < 4.78 is 5.16. The number of anilines is 2. The van der Waals surface area contributed by atoms with Crippen molar-refractivity contribution in [1.29, 1.82) is 0 Å². The van der Waals surface area contributed by atoms with Crippen molar-refractivity contribution in [3.8, 4) is 5.75 Å². The summed E-state index contributed by atoms with van der Waals surface area (Å²) in [6.07, 6.45) is 0.751. The van der Waals surface area contributed by atoms with Gasteiger partial charge < -0.3 is 15.5 Å². The van der Waals surface area contributed by atoms with Gasteiger partial charge in [-0.2, -0.15) is 0 Å². The normalized spacial score (nSPS) is 11.8. The third-order valence-electron chi connectivity index (χ3n) is 3.22. The first-order chi connectivity index (χ1) is 10.2. The molecular formula is C15H21N5O. The standard InChI is InChI=1S/C15H21N5O/c1-4-13-18-14(9-15(19-13)20-16)17-10(2)11-5-7-12(21-3)8-6-11/h5-10H,4,16H2,1-3H3,(H2,17,18,19,20). The molecular weight excluding hydrogens is 266 g/mol. The minimum absolute atomic E-state index is 0.112. The van der Waals surface area contributed by atoms with Crippen LogP contribution in [0.4, 0.5) is 11.6 Å². The predicted molar refractivity (Wildman–Crippen MR) is 84.3 cm³/mol. The maximum Gasteiger partial charge on any atom is 0.145 e. The molecule has 4 N–H and O–H groups in total. The number of hydrogen-bond acceptors (Lipinski definition) is 6. The smallest absolute Gasteiger partial charge is 0.145 e. The van der Waals surface area contributed by atoms with Crippen LogP contribution in [-0.2, 0) is 6.42 Å². The van der Waals surface area contributed by atoms with E-state index in [1.165, 1.54) is 0 Å². The molecule has 1 aromatic carbocycles. The number of benzene rings is 1. The van der Waals surface area contributed by atoms with Crippen LogP contribution in [0.5, 0.6) is 5.75 Å². The summed E-state index contributed by atoms with van der Waals surface area (Å²) in [5.74, 6) is 8.37. The summed E-state index contributed by atoms with van der Waals surface area (Å²) in [6.45, 7) is 4.08. The van der Waals surface area contributed by atoms with Crippen molar-refractivity contribution in [2.24, 2.45) is 5.84 Å². The molecule has 21 heavy (non-hydrogen) atoms. The van der Waals surface area contributed by atoms with E-state index in [0.717, 1.165) is 29.4 Å². The zero-order valence-electron chi connectivity index (χ0n) is 12.6. The highest BCUT2D eigenvalue weighted by molar-refractivity contribution is 5.48. The predicted octanol–water partition coefficient (Wildman–Crippen LogP) is 2.51. The van der Waals surface area contributed by atoms with Crippen molar-refractivity contribution in [2.45, 2.75) is 26.3 Å². The van der Waals surface area contributed by atoms with E-state index in [2.05, 4.69) is 27.6 Å². The number of aromatic nitrogens is 2. The highest BCUT2D eigenvalue weighted by Gasteiger charge is 2.08. The number of ether oxygens (including phenoxy) is 1. The molecule has 0 amide bonds. The lowest BCUT2D eigenvalue weighted by molar-refractivity contribution is 0.414. The van der Waals surface area contributed by atoms with Crippen molar-refractivity contribution in [2.75, 3.05) is 17.9 Å². The lowest BCUT2D eigenvalue weighted by Crippen LogP contribution is -2.13. The van der Waals surface area contributed by atoms with E-state index >= 15 is 0 Å². The molecule has 6 nitrogen and oxygen atoms in total. The molecule has 2 rings (SSSR count). The second-order valence-electron chi connectivity index (χ2n) is 4.69. The Bertz CT molecular complexity index is 563. The topological polar surface area (TPSA) is 85.1 Å². The second-order valence-corrected chi connectivity index (χ2v) is 4.69. The van der Waals surface area contributed by atoms with Crippen LogP contribution in [-0.4, -0.2) is 17.1 Å². The first-order valence-corrected chi connectivity index (χ1v) is 6.91. The molecule has 112 valence electrons. The largest absolute Gasteiger partial charge is 0.497 e. The Labute approximate surface area is 124 Å². The van der Waals surface area contributed by atoms with E-state index in [9.17, 15) is 0 Å². The van der Waals surface area contributed by atoms with Gasteiger partial charge in [-0.15, -0.1) is 0 Å². The van der Waals surface area contributed by atoms with Gasteiger partial charge in [0.05, 0.1) is 7.11 Å². The van der Waals surface area contributed by atoms with Crippen molar-refractivity contribution < 1.29 is 4.74 Å². The molecule has 0 fully saturated rings. The minimum Gasteiger partial charge on any atom is -0.497 e. The number of hydrogen-bond donors (Lipinski definition) is 3. The van der Waals surface area contributed by atoms with Gasteiger partial charge >= 0.3 is 0 Å². The number of rotatable bonds is 6. The average molecular weight is 287 g/mol. The molecule has 1 atom stereocenters. The van der Waals surface area contributed by atoms with Gasteiger partial charge in [-0.1, -0.05) is 19.1 Å². The summed E-state index contributed by atoms with van der Waals surface area (Å²) in [6, 6.07) is 9.84. The highest BCUT2D eigenvalue weighted by atomic mass is 16.5. The Balaban J connectivity index is 2.15. The van der Waals surface area contributed by atoms with Crippen molar-refractivity contribution >= 4 is 11.6 Å². The summed E-state index contributed by atoms with van der Waals surface area (Å²) in [4.78, 5) is 8.73. The fourth-order valence-corrected chi connectivity index (χ4v) is 2.00. The fraction of sp³-hybridized carbons (Fsp3) is 0.333. The lowest BCUT2D eigenvalue weighted by atomic mass is 10.1. The molecule has 0 radical (unpaired) electrons. The number of nitrogens with one attached hydrogen (secondary N) is 2. The van der Waals surface area contributed by atoms with Gasteiger partial charge in [0.15, 0.2) is 0 Å². The molecule has 1 aromatic heterocycles. The van der Waals surface area contributed by atoms with Gasteiger partial charge in [0.1, 0.15) is 23.2 Å². The van der Waals surface area contributed by atoms with Crippen LogP contribution in [0, 0.1) is 0 Å². The second kappa shape index (κ2) is 6.90. The molecule has 0 saturated carbocycles. The average Bonchev–Trinajstić information content (AvgIpc) is 2.54. The summed E-state index contributed by atoms with van der Waals surface area (Å²) in [5, 5.41) is 3.36. The number of nitrogens with two attached hydrogens (primary N) is 1. The van der Waals surface area contributed by atoms with Gasteiger partial charge in [0, 0.05) is 18.5 Å². The van der Waals surface area contributed by atoms with Crippen LogP contribution in [0.15, 0.2) is 30.3 Å². The summed E-state index contributed by atoms with van der Waals surface area (Å²) in [5.41, 5.74) is 3.71. The SMILES string of the molecule is CCc1nc(NN)cc(NC(C)c2ccc(OC)cc2)n1. The number of hydrazine groups is 1. The zero-order chi connectivity index (χ0) is 15.2. The quantitative estimate of drug-likeness (QED) is 0.559. The molecule has 0 bridgehead atoms. The van der Waals surface area contributed by atoms with E-state index in [1.807, 2.05) is 31.2 Å². The van der Waals surface area contributed by atoms with E-state index in [0.29, 0.717) is 5.82 Å². The molecule has 0 aliphatic rings. The Morgan fingerprint density at radius 2 is 1.86 bits per heavy atom. The molecule has 6 heteroatoms. The van der Waals surface area contributed by atoms with Crippen LogP contribution < -0.4 is 21.3 Å². The van der Waals surface area contributed by atoms with Crippen molar-refractivity contribution in [3.63, 3.8) is 0 Å². The van der Waals surface area contributed by atoms with Crippen molar-refractivity contribution in [1.82, 2.24) is 9.97 Å². The van der Waals surface area contributed by atoms with Gasteiger partial charge in [-0.3, -0.25) is 0 Å². The number of methoxy groups -OCH3 is 1. The molecule has 2 aromatic rings. The van der Waals surface area contributed by atoms with E-state index in [4.69, 9.17) is 10.6 Å². The van der Waals surface area contributed by atoms with Gasteiger partial charge in [-0.05, 0) is 24.6 Å². The maximum absolute atomic E-state index is 5.43. The van der Waals surface area contributed by atoms with Crippen LogP contribution >= 0.6 is 0 Å². The zero-order valence-corrected chi connectivity index (χ0v) is 12.6. The maximum atomic E-state index is 5.43. The Morgan fingerprint density at radius 3 is 2.43 bits per heavy atom.